The maximum absolute atomic E-state index is 12.1. The highest BCUT2D eigenvalue weighted by atomic mass is 32.2. The van der Waals surface area contributed by atoms with Crippen LogP contribution in [0.2, 0.25) is 0 Å². The van der Waals surface area contributed by atoms with Crippen LogP contribution in [0.15, 0.2) is 47.6 Å². The minimum atomic E-state index is -4.09. The molecule has 2 aromatic rings. The molecule has 0 aliphatic heterocycles. The molecule has 0 aliphatic rings. The number of rotatable bonds is 5. The Kier molecular flexibility index (Phi) is 3.99. The van der Waals surface area contributed by atoms with E-state index in [-0.39, 0.29) is 10.6 Å². The number of pyridine rings is 1. The molecule has 11 heteroatoms. The van der Waals surface area contributed by atoms with E-state index in [4.69, 9.17) is 0 Å². The first-order valence-electron chi connectivity index (χ1n) is 5.67. The average Bonchev–Trinajstić information content (AvgIpc) is 2.47. The first kappa shape index (κ1) is 15.3. The minimum absolute atomic E-state index is 0.192. The van der Waals surface area contributed by atoms with Gasteiger partial charge in [0, 0.05) is 18.5 Å². The van der Waals surface area contributed by atoms with E-state index in [1.165, 1.54) is 18.3 Å². The van der Waals surface area contributed by atoms with Gasteiger partial charge in [-0.1, -0.05) is 0 Å². The summed E-state index contributed by atoms with van der Waals surface area (Å²) in [4.78, 5) is 23.3. The van der Waals surface area contributed by atoms with Gasteiger partial charge in [-0.2, -0.15) is 0 Å². The Balaban J connectivity index is 2.45. The van der Waals surface area contributed by atoms with Gasteiger partial charge in [0.1, 0.15) is 10.6 Å². The second kappa shape index (κ2) is 5.73. The fourth-order valence-electron chi connectivity index (χ4n) is 1.58. The van der Waals surface area contributed by atoms with Crippen LogP contribution >= 0.6 is 0 Å². The molecule has 0 unspecified atom stereocenters. The lowest BCUT2D eigenvalue weighted by molar-refractivity contribution is -0.393. The molecule has 22 heavy (non-hydrogen) atoms. The third-order valence-corrected chi connectivity index (χ3v) is 3.93. The van der Waals surface area contributed by atoms with Gasteiger partial charge in [-0.15, -0.1) is 0 Å². The summed E-state index contributed by atoms with van der Waals surface area (Å²) in [6.45, 7) is 0. The molecule has 2 rings (SSSR count). The van der Waals surface area contributed by atoms with Crippen LogP contribution in [0.25, 0.3) is 0 Å². The lowest BCUT2D eigenvalue weighted by Crippen LogP contribution is -2.14. The van der Waals surface area contributed by atoms with E-state index in [1.54, 1.807) is 0 Å². The molecule has 0 radical (unpaired) electrons. The molecule has 0 amide bonds. The summed E-state index contributed by atoms with van der Waals surface area (Å²) in [6, 6.07) is 5.25. The van der Waals surface area contributed by atoms with Gasteiger partial charge in [-0.25, -0.2) is 8.42 Å². The predicted octanol–water partition coefficient (Wildman–Crippen LogP) is 1.70. The van der Waals surface area contributed by atoms with Gasteiger partial charge < -0.3 is 0 Å². The van der Waals surface area contributed by atoms with Gasteiger partial charge in [-0.3, -0.25) is 29.9 Å². The standard InChI is InChI=1S/C11H8N4O6S/c16-14(17)8-3-4-10(11(6-8)15(18)19)13-22(20,21)9-2-1-5-12-7-9/h1-7,13H. The molecule has 0 bridgehead atoms. The van der Waals surface area contributed by atoms with Crippen molar-refractivity contribution >= 4 is 27.1 Å². The fraction of sp³-hybridized carbons (Fsp3) is 0. The molecular weight excluding hydrogens is 316 g/mol. The van der Waals surface area contributed by atoms with E-state index in [9.17, 15) is 28.6 Å². The van der Waals surface area contributed by atoms with Crippen molar-refractivity contribution in [2.75, 3.05) is 4.72 Å². The van der Waals surface area contributed by atoms with Gasteiger partial charge in [0.05, 0.1) is 15.9 Å². The summed E-state index contributed by atoms with van der Waals surface area (Å²) in [6.07, 6.45) is 2.44. The van der Waals surface area contributed by atoms with Crippen LogP contribution < -0.4 is 4.72 Å². The largest absolute Gasteiger partial charge is 0.300 e. The molecule has 0 saturated carbocycles. The van der Waals surface area contributed by atoms with Crippen molar-refractivity contribution in [2.24, 2.45) is 0 Å². The second-order valence-electron chi connectivity index (χ2n) is 4.01. The molecule has 0 spiro atoms. The minimum Gasteiger partial charge on any atom is -0.273 e. The Labute approximate surface area is 123 Å². The van der Waals surface area contributed by atoms with Crippen molar-refractivity contribution in [3.63, 3.8) is 0 Å². The monoisotopic (exact) mass is 324 g/mol. The number of nitro groups is 2. The zero-order chi connectivity index (χ0) is 16.3. The zero-order valence-corrected chi connectivity index (χ0v) is 11.6. The van der Waals surface area contributed by atoms with Crippen molar-refractivity contribution in [3.8, 4) is 0 Å². The maximum Gasteiger partial charge on any atom is 0.300 e. The molecule has 114 valence electrons. The summed E-state index contributed by atoms with van der Waals surface area (Å²) in [5.74, 6) is 0. The summed E-state index contributed by atoms with van der Waals surface area (Å²) in [5.41, 5.74) is -1.61. The number of anilines is 1. The summed E-state index contributed by atoms with van der Waals surface area (Å²) in [7, 11) is -4.09. The van der Waals surface area contributed by atoms with Crippen molar-refractivity contribution in [1.29, 1.82) is 0 Å². The number of hydrogen-bond acceptors (Lipinski definition) is 7. The van der Waals surface area contributed by atoms with E-state index in [2.05, 4.69) is 4.98 Å². The van der Waals surface area contributed by atoms with Crippen molar-refractivity contribution in [3.05, 3.63) is 63.0 Å². The Bertz CT molecular complexity index is 837. The highest BCUT2D eigenvalue weighted by Gasteiger charge is 2.23. The average molecular weight is 324 g/mol. The van der Waals surface area contributed by atoms with Crippen LogP contribution in [0.4, 0.5) is 17.1 Å². The van der Waals surface area contributed by atoms with E-state index in [0.29, 0.717) is 6.07 Å². The third kappa shape index (κ3) is 3.15. The lowest BCUT2D eigenvalue weighted by Gasteiger charge is -2.07. The molecule has 0 atom stereocenters. The first-order valence-corrected chi connectivity index (χ1v) is 7.15. The van der Waals surface area contributed by atoms with E-state index in [0.717, 1.165) is 18.3 Å². The van der Waals surface area contributed by atoms with Crippen LogP contribution in [-0.4, -0.2) is 23.2 Å². The highest BCUT2D eigenvalue weighted by molar-refractivity contribution is 7.92. The van der Waals surface area contributed by atoms with Gasteiger partial charge in [0.25, 0.3) is 21.4 Å². The SMILES string of the molecule is O=[N+]([O-])c1ccc(NS(=O)(=O)c2cccnc2)c([N+](=O)[O-])c1. The topological polar surface area (TPSA) is 145 Å². The van der Waals surface area contributed by atoms with Crippen LogP contribution in [0.1, 0.15) is 0 Å². The molecule has 10 nitrogen and oxygen atoms in total. The number of benzene rings is 1. The van der Waals surface area contributed by atoms with Gasteiger partial charge in [0.2, 0.25) is 0 Å². The van der Waals surface area contributed by atoms with Crippen LogP contribution in [0, 0.1) is 20.2 Å². The second-order valence-corrected chi connectivity index (χ2v) is 5.69. The molecule has 1 heterocycles. The van der Waals surface area contributed by atoms with Crippen molar-refractivity contribution in [2.45, 2.75) is 4.90 Å². The number of non-ortho nitro benzene ring substituents is 1. The van der Waals surface area contributed by atoms with E-state index in [1.807, 2.05) is 4.72 Å². The van der Waals surface area contributed by atoms with Crippen LogP contribution in [0.3, 0.4) is 0 Å². The fourth-order valence-corrected chi connectivity index (χ4v) is 2.62. The number of aromatic nitrogens is 1. The first-order chi connectivity index (χ1) is 10.3. The zero-order valence-electron chi connectivity index (χ0n) is 10.7. The number of nitrogens with zero attached hydrogens (tertiary/aromatic N) is 3. The van der Waals surface area contributed by atoms with Crippen LogP contribution in [-0.2, 0) is 10.0 Å². The molecular formula is C11H8N4O6S. The van der Waals surface area contributed by atoms with Crippen molar-refractivity contribution < 1.29 is 18.3 Å². The smallest absolute Gasteiger partial charge is 0.273 e. The normalized spacial score (nSPS) is 10.9. The van der Waals surface area contributed by atoms with Crippen molar-refractivity contribution in [1.82, 2.24) is 4.98 Å². The molecule has 1 N–H and O–H groups in total. The van der Waals surface area contributed by atoms with E-state index >= 15 is 0 Å². The molecule has 0 aliphatic carbocycles. The predicted molar refractivity (Wildman–Crippen MR) is 74.8 cm³/mol. The van der Waals surface area contributed by atoms with Gasteiger partial charge >= 0.3 is 0 Å². The maximum atomic E-state index is 12.1. The Morgan fingerprint density at radius 1 is 1.09 bits per heavy atom. The molecule has 1 aromatic heterocycles. The number of hydrogen-bond donors (Lipinski definition) is 1. The Morgan fingerprint density at radius 2 is 1.82 bits per heavy atom. The Hall–Kier alpha value is -3.08. The molecule has 0 saturated heterocycles. The number of nitro benzene ring substituents is 2. The summed E-state index contributed by atoms with van der Waals surface area (Å²) in [5, 5.41) is 21.6. The summed E-state index contributed by atoms with van der Waals surface area (Å²) < 4.78 is 26.2. The Morgan fingerprint density at radius 3 is 2.36 bits per heavy atom. The number of sulfonamides is 1. The molecule has 0 fully saturated rings. The number of nitrogens with one attached hydrogen (secondary N) is 1. The van der Waals surface area contributed by atoms with Crippen LogP contribution in [0.5, 0.6) is 0 Å². The highest BCUT2D eigenvalue weighted by Crippen LogP contribution is 2.30. The third-order valence-electron chi connectivity index (χ3n) is 2.58. The summed E-state index contributed by atoms with van der Waals surface area (Å²) >= 11 is 0. The molecule has 1 aromatic carbocycles. The lowest BCUT2D eigenvalue weighted by atomic mass is 10.2. The van der Waals surface area contributed by atoms with Gasteiger partial charge in [-0.05, 0) is 18.2 Å². The van der Waals surface area contributed by atoms with E-state index < -0.39 is 31.2 Å². The quantitative estimate of drug-likeness (QED) is 0.650. The van der Waals surface area contributed by atoms with Gasteiger partial charge in [0.15, 0.2) is 0 Å².